The van der Waals surface area contributed by atoms with E-state index in [1.165, 1.54) is 0 Å². The Morgan fingerprint density at radius 2 is 1.85 bits per heavy atom. The fraction of sp³-hybridized carbons (Fsp3) is 0.269. The minimum atomic E-state index is -0.383. The van der Waals surface area contributed by atoms with Gasteiger partial charge in [0, 0.05) is 11.9 Å². The van der Waals surface area contributed by atoms with Crippen molar-refractivity contribution in [2.75, 3.05) is 13.2 Å². The van der Waals surface area contributed by atoms with Gasteiger partial charge in [0.05, 0.1) is 36.4 Å². The Labute approximate surface area is 192 Å². The molecule has 168 valence electrons. The molecule has 0 aliphatic carbocycles. The van der Waals surface area contributed by atoms with Crippen molar-refractivity contribution >= 4 is 17.0 Å². The van der Waals surface area contributed by atoms with Gasteiger partial charge in [-0.15, -0.1) is 0 Å². The van der Waals surface area contributed by atoms with E-state index in [0.29, 0.717) is 48.1 Å². The first-order valence-corrected chi connectivity index (χ1v) is 11.1. The molecular formula is C26H26N4O3. The highest BCUT2D eigenvalue weighted by atomic mass is 16.5. The number of carbonyl (C=O) groups is 1. The molecule has 7 nitrogen and oxygen atoms in total. The molecule has 0 N–H and O–H groups in total. The van der Waals surface area contributed by atoms with Crippen molar-refractivity contribution in [2.24, 2.45) is 0 Å². The number of hydrogen-bond donors (Lipinski definition) is 0. The van der Waals surface area contributed by atoms with Gasteiger partial charge < -0.3 is 14.0 Å². The number of benzene rings is 2. The van der Waals surface area contributed by atoms with Gasteiger partial charge in [0.25, 0.3) is 6.01 Å². The minimum absolute atomic E-state index is 0.299. The molecule has 4 aromatic rings. The lowest BCUT2D eigenvalue weighted by molar-refractivity contribution is 0.0528. The molecule has 2 aromatic carbocycles. The van der Waals surface area contributed by atoms with Crippen molar-refractivity contribution in [1.82, 2.24) is 14.1 Å². The van der Waals surface area contributed by atoms with E-state index in [0.717, 1.165) is 23.2 Å². The minimum Gasteiger partial charge on any atom is -0.465 e. The van der Waals surface area contributed by atoms with Gasteiger partial charge in [0.2, 0.25) is 0 Å². The van der Waals surface area contributed by atoms with Crippen LogP contribution in [0.15, 0.2) is 54.7 Å². The van der Waals surface area contributed by atoms with E-state index in [1.54, 1.807) is 19.1 Å². The standard InChI is InChI=1S/C26H26N4O3/c1-4-18-14-21(15-27)29(16-18)20-12-10-19(11-13-20)17-30-24-22(25(31)32-5-2)8-7-9-23(24)28-26(30)33-6-3/h7-14,16H,4-6,17H2,1-3H3. The van der Waals surface area contributed by atoms with Gasteiger partial charge in [-0.3, -0.25) is 4.57 Å². The predicted octanol–water partition coefficient (Wildman–Crippen LogP) is 4.88. The summed E-state index contributed by atoms with van der Waals surface area (Å²) in [6, 6.07) is 18.0. The molecule has 0 atom stereocenters. The zero-order valence-corrected chi connectivity index (χ0v) is 19.0. The Hall–Kier alpha value is -4.05. The Morgan fingerprint density at radius 3 is 2.52 bits per heavy atom. The second-order valence-electron chi connectivity index (χ2n) is 7.54. The van der Waals surface area contributed by atoms with Crippen molar-refractivity contribution in [3.8, 4) is 17.8 Å². The number of aromatic nitrogens is 3. The molecule has 0 saturated heterocycles. The summed E-state index contributed by atoms with van der Waals surface area (Å²) in [6.07, 6.45) is 2.87. The number of aryl methyl sites for hydroxylation is 1. The number of carbonyl (C=O) groups excluding carboxylic acids is 1. The van der Waals surface area contributed by atoms with Crippen LogP contribution >= 0.6 is 0 Å². The average molecular weight is 443 g/mol. The van der Waals surface area contributed by atoms with E-state index >= 15 is 0 Å². The van der Waals surface area contributed by atoms with Crippen LogP contribution < -0.4 is 4.74 Å². The van der Waals surface area contributed by atoms with Gasteiger partial charge in [-0.05, 0) is 61.7 Å². The predicted molar refractivity (Wildman–Crippen MR) is 126 cm³/mol. The highest BCUT2D eigenvalue weighted by molar-refractivity contribution is 6.02. The Kier molecular flexibility index (Phi) is 6.45. The highest BCUT2D eigenvalue weighted by Gasteiger charge is 2.20. The first-order chi connectivity index (χ1) is 16.1. The summed E-state index contributed by atoms with van der Waals surface area (Å²) in [7, 11) is 0. The van der Waals surface area contributed by atoms with Crippen molar-refractivity contribution < 1.29 is 14.3 Å². The van der Waals surface area contributed by atoms with Gasteiger partial charge in [-0.1, -0.05) is 25.1 Å². The topological polar surface area (TPSA) is 82.1 Å². The van der Waals surface area contributed by atoms with Crippen LogP contribution in [0, 0.1) is 11.3 Å². The van der Waals surface area contributed by atoms with E-state index in [2.05, 4.69) is 18.0 Å². The number of nitrogens with zero attached hydrogens (tertiary/aromatic N) is 4. The molecule has 0 unspecified atom stereocenters. The maximum absolute atomic E-state index is 12.6. The van der Waals surface area contributed by atoms with E-state index in [9.17, 15) is 10.1 Å². The smallest absolute Gasteiger partial charge is 0.340 e. The normalized spacial score (nSPS) is 10.8. The fourth-order valence-corrected chi connectivity index (χ4v) is 3.88. The van der Waals surface area contributed by atoms with Crippen LogP contribution in [-0.2, 0) is 17.7 Å². The van der Waals surface area contributed by atoms with Crippen LogP contribution in [-0.4, -0.2) is 33.3 Å². The van der Waals surface area contributed by atoms with Gasteiger partial charge >= 0.3 is 5.97 Å². The molecule has 0 spiro atoms. The first-order valence-electron chi connectivity index (χ1n) is 11.1. The second kappa shape index (κ2) is 9.61. The summed E-state index contributed by atoms with van der Waals surface area (Å²) >= 11 is 0. The van der Waals surface area contributed by atoms with Crippen molar-refractivity contribution in [3.05, 3.63) is 77.1 Å². The Balaban J connectivity index is 1.73. The SMILES string of the molecule is CCOC(=O)c1cccc2nc(OCC)n(Cc3ccc(-n4cc(CC)cc4C#N)cc3)c12. The van der Waals surface area contributed by atoms with Crippen LogP contribution in [0.4, 0.5) is 0 Å². The number of fused-ring (bicyclic) bond motifs is 1. The molecule has 2 aromatic heterocycles. The number of nitriles is 1. The van der Waals surface area contributed by atoms with Crippen LogP contribution in [0.2, 0.25) is 0 Å². The number of ether oxygens (including phenoxy) is 2. The largest absolute Gasteiger partial charge is 0.465 e. The van der Waals surface area contributed by atoms with E-state index in [4.69, 9.17) is 9.47 Å². The molecule has 33 heavy (non-hydrogen) atoms. The molecule has 0 radical (unpaired) electrons. The van der Waals surface area contributed by atoms with Crippen molar-refractivity contribution in [1.29, 1.82) is 5.26 Å². The molecule has 0 aliphatic rings. The molecule has 7 heteroatoms. The van der Waals surface area contributed by atoms with Crippen LogP contribution in [0.1, 0.15) is 48.0 Å². The summed E-state index contributed by atoms with van der Waals surface area (Å²) in [6.45, 7) is 6.99. The van der Waals surface area contributed by atoms with Gasteiger partial charge in [0.15, 0.2) is 0 Å². The Bertz CT molecular complexity index is 1330. The van der Waals surface area contributed by atoms with E-state index in [1.807, 2.05) is 58.7 Å². The molecule has 2 heterocycles. The molecule has 0 fully saturated rings. The van der Waals surface area contributed by atoms with E-state index in [-0.39, 0.29) is 5.97 Å². The van der Waals surface area contributed by atoms with Crippen LogP contribution in [0.5, 0.6) is 6.01 Å². The summed E-state index contributed by atoms with van der Waals surface area (Å²) < 4.78 is 14.9. The molecular weight excluding hydrogens is 416 g/mol. The fourth-order valence-electron chi connectivity index (χ4n) is 3.88. The average Bonchev–Trinajstić information content (AvgIpc) is 3.41. The number of esters is 1. The van der Waals surface area contributed by atoms with Crippen LogP contribution in [0.25, 0.3) is 16.7 Å². The van der Waals surface area contributed by atoms with Crippen LogP contribution in [0.3, 0.4) is 0 Å². The third-order valence-electron chi connectivity index (χ3n) is 5.45. The van der Waals surface area contributed by atoms with Gasteiger partial charge in [-0.25, -0.2) is 4.79 Å². The maximum Gasteiger partial charge on any atom is 0.340 e. The molecule has 0 saturated carbocycles. The molecule has 4 rings (SSSR count). The Morgan fingerprint density at radius 1 is 1.06 bits per heavy atom. The monoisotopic (exact) mass is 442 g/mol. The lowest BCUT2D eigenvalue weighted by Crippen LogP contribution is -2.10. The molecule has 0 amide bonds. The summed E-state index contributed by atoms with van der Waals surface area (Å²) in [5.74, 6) is -0.383. The van der Waals surface area contributed by atoms with Gasteiger partial charge in [0.1, 0.15) is 11.8 Å². The number of para-hydroxylation sites is 1. The zero-order valence-electron chi connectivity index (χ0n) is 19.0. The van der Waals surface area contributed by atoms with Crippen molar-refractivity contribution in [2.45, 2.75) is 33.7 Å². The highest BCUT2D eigenvalue weighted by Crippen LogP contribution is 2.27. The number of imidazole rings is 1. The summed E-state index contributed by atoms with van der Waals surface area (Å²) in [5, 5.41) is 9.47. The first kappa shape index (κ1) is 22.2. The lowest BCUT2D eigenvalue weighted by Gasteiger charge is -2.12. The maximum atomic E-state index is 12.6. The summed E-state index contributed by atoms with van der Waals surface area (Å²) in [4.78, 5) is 17.2. The lowest BCUT2D eigenvalue weighted by atomic mass is 10.1. The third-order valence-corrected chi connectivity index (χ3v) is 5.45. The summed E-state index contributed by atoms with van der Waals surface area (Å²) in [5.41, 5.74) is 5.49. The quantitative estimate of drug-likeness (QED) is 0.363. The van der Waals surface area contributed by atoms with E-state index < -0.39 is 0 Å². The zero-order chi connectivity index (χ0) is 23.4. The number of hydrogen-bond acceptors (Lipinski definition) is 5. The number of rotatable bonds is 8. The van der Waals surface area contributed by atoms with Gasteiger partial charge in [-0.2, -0.15) is 10.2 Å². The molecule has 0 aliphatic heterocycles. The molecule has 0 bridgehead atoms. The second-order valence-corrected chi connectivity index (χ2v) is 7.54. The van der Waals surface area contributed by atoms with Crippen molar-refractivity contribution in [3.63, 3.8) is 0 Å². The third kappa shape index (κ3) is 4.33.